The van der Waals surface area contributed by atoms with Crippen molar-refractivity contribution in [1.29, 1.82) is 0 Å². The summed E-state index contributed by atoms with van der Waals surface area (Å²) in [6, 6.07) is 12.9. The van der Waals surface area contributed by atoms with E-state index in [1.54, 1.807) is 30.3 Å². The Morgan fingerprint density at radius 1 is 1.06 bits per heavy atom. The van der Waals surface area contributed by atoms with Crippen molar-refractivity contribution in [2.45, 2.75) is 11.3 Å². The molecule has 0 aliphatic carbocycles. The van der Waals surface area contributed by atoms with Crippen molar-refractivity contribution in [3.8, 4) is 28.8 Å². The normalized spacial score (nSPS) is 11.4. The third kappa shape index (κ3) is 4.79. The van der Waals surface area contributed by atoms with Gasteiger partial charge in [-0.3, -0.25) is 9.36 Å². The third-order valence-corrected chi connectivity index (χ3v) is 5.77. The Kier molecular flexibility index (Phi) is 6.64. The molecule has 2 aromatic carbocycles. The van der Waals surface area contributed by atoms with Crippen molar-refractivity contribution in [2.75, 3.05) is 20.0 Å². The topological polar surface area (TPSA) is 79.4 Å². The summed E-state index contributed by atoms with van der Waals surface area (Å²) in [6.45, 7) is 0. The first-order chi connectivity index (χ1) is 16.3. The molecule has 34 heavy (non-hydrogen) atoms. The van der Waals surface area contributed by atoms with Gasteiger partial charge >= 0.3 is 6.18 Å². The molecule has 176 valence electrons. The fourth-order valence-electron chi connectivity index (χ4n) is 3.22. The maximum Gasteiger partial charge on any atom is 0.416 e. The number of nitrogens with zero attached hydrogens (tertiary/aromatic N) is 3. The van der Waals surface area contributed by atoms with Gasteiger partial charge in [-0.1, -0.05) is 17.8 Å². The number of ether oxygens (including phenoxy) is 2. The average molecular weight is 489 g/mol. The minimum Gasteiger partial charge on any atom is -0.497 e. The van der Waals surface area contributed by atoms with E-state index < -0.39 is 11.7 Å². The molecule has 4 aromatic rings. The van der Waals surface area contributed by atoms with E-state index in [1.807, 2.05) is 0 Å². The molecule has 0 radical (unpaired) electrons. The number of ketones is 1. The van der Waals surface area contributed by atoms with Gasteiger partial charge in [0.15, 0.2) is 16.7 Å². The van der Waals surface area contributed by atoms with Crippen molar-refractivity contribution in [1.82, 2.24) is 14.8 Å². The van der Waals surface area contributed by atoms with Crippen LogP contribution >= 0.6 is 11.8 Å². The molecule has 0 amide bonds. The molecule has 11 heteroatoms. The van der Waals surface area contributed by atoms with Gasteiger partial charge in [0.25, 0.3) is 0 Å². The summed E-state index contributed by atoms with van der Waals surface area (Å²) in [7, 11) is 2.93. The Morgan fingerprint density at radius 3 is 2.56 bits per heavy atom. The number of furan rings is 1. The maximum absolute atomic E-state index is 13.3. The van der Waals surface area contributed by atoms with Crippen LogP contribution in [0.1, 0.15) is 15.9 Å². The summed E-state index contributed by atoms with van der Waals surface area (Å²) in [4.78, 5) is 13.0. The molecule has 0 saturated heterocycles. The van der Waals surface area contributed by atoms with Gasteiger partial charge in [0, 0.05) is 0 Å². The van der Waals surface area contributed by atoms with Gasteiger partial charge in [-0.15, -0.1) is 10.2 Å². The predicted octanol–water partition coefficient (Wildman–Crippen LogP) is 5.54. The van der Waals surface area contributed by atoms with E-state index >= 15 is 0 Å². The second-order valence-corrected chi connectivity index (χ2v) is 7.89. The van der Waals surface area contributed by atoms with Crippen LogP contribution in [0.2, 0.25) is 0 Å². The van der Waals surface area contributed by atoms with Crippen molar-refractivity contribution in [3.05, 3.63) is 72.0 Å². The van der Waals surface area contributed by atoms with Gasteiger partial charge in [0.1, 0.15) is 11.5 Å². The molecule has 0 N–H and O–H groups in total. The largest absolute Gasteiger partial charge is 0.497 e. The lowest BCUT2D eigenvalue weighted by Crippen LogP contribution is -2.08. The number of halogens is 3. The SMILES string of the molecule is COc1ccc(OC)c(C(=O)CSc2nnc(-c3ccco3)n2-c2cccc(C(F)(F)F)c2)c1. The van der Waals surface area contributed by atoms with E-state index in [1.165, 1.54) is 37.2 Å². The van der Waals surface area contributed by atoms with Gasteiger partial charge < -0.3 is 13.9 Å². The first-order valence-corrected chi connectivity index (χ1v) is 10.9. The number of rotatable bonds is 8. The summed E-state index contributed by atoms with van der Waals surface area (Å²) in [5, 5.41) is 8.43. The summed E-state index contributed by atoms with van der Waals surface area (Å²) in [5.41, 5.74) is -0.330. The molecule has 0 atom stereocenters. The average Bonchev–Trinajstić information content (AvgIpc) is 3.51. The van der Waals surface area contributed by atoms with Crippen LogP contribution in [0.5, 0.6) is 11.5 Å². The van der Waals surface area contributed by atoms with E-state index in [4.69, 9.17) is 13.9 Å². The van der Waals surface area contributed by atoms with E-state index in [-0.39, 0.29) is 28.2 Å². The smallest absolute Gasteiger partial charge is 0.416 e. The van der Waals surface area contributed by atoms with Crippen LogP contribution in [0.25, 0.3) is 17.3 Å². The molecular formula is C23H18F3N3O4S. The molecule has 0 aliphatic rings. The van der Waals surface area contributed by atoms with Crippen molar-refractivity contribution < 1.29 is 31.9 Å². The number of methoxy groups -OCH3 is 2. The highest BCUT2D eigenvalue weighted by Gasteiger charge is 2.31. The number of hydrogen-bond donors (Lipinski definition) is 0. The van der Waals surface area contributed by atoms with Gasteiger partial charge in [-0.05, 0) is 48.5 Å². The van der Waals surface area contributed by atoms with E-state index in [0.717, 1.165) is 23.9 Å². The van der Waals surface area contributed by atoms with E-state index in [0.29, 0.717) is 22.8 Å². The van der Waals surface area contributed by atoms with Crippen LogP contribution in [0.3, 0.4) is 0 Å². The Bertz CT molecular complexity index is 1300. The number of benzene rings is 2. The number of aromatic nitrogens is 3. The molecule has 0 saturated carbocycles. The zero-order chi connectivity index (χ0) is 24.3. The Hall–Kier alpha value is -3.73. The molecule has 0 fully saturated rings. The number of Topliss-reactive ketones (excluding diaryl/α,β-unsaturated/α-hetero) is 1. The minimum atomic E-state index is -4.53. The van der Waals surface area contributed by atoms with Crippen LogP contribution in [0.4, 0.5) is 13.2 Å². The van der Waals surface area contributed by atoms with Crippen molar-refractivity contribution in [2.24, 2.45) is 0 Å². The molecule has 7 nitrogen and oxygen atoms in total. The van der Waals surface area contributed by atoms with Crippen molar-refractivity contribution in [3.63, 3.8) is 0 Å². The van der Waals surface area contributed by atoms with Gasteiger partial charge in [-0.2, -0.15) is 13.2 Å². The molecular weight excluding hydrogens is 471 g/mol. The van der Waals surface area contributed by atoms with Gasteiger partial charge in [-0.25, -0.2) is 0 Å². The molecule has 0 aliphatic heterocycles. The molecule has 2 aromatic heterocycles. The number of alkyl halides is 3. The second-order valence-electron chi connectivity index (χ2n) is 6.95. The lowest BCUT2D eigenvalue weighted by Gasteiger charge is -2.13. The lowest BCUT2D eigenvalue weighted by atomic mass is 10.1. The number of carbonyl (C=O) groups excluding carboxylic acids is 1. The van der Waals surface area contributed by atoms with Gasteiger partial charge in [0.05, 0.1) is 43.0 Å². The summed E-state index contributed by atoms with van der Waals surface area (Å²) in [5.74, 6) is 1.04. The second kappa shape index (κ2) is 9.64. The molecule has 4 rings (SSSR count). The Balaban J connectivity index is 1.70. The number of hydrogen-bond acceptors (Lipinski definition) is 7. The molecule has 0 bridgehead atoms. The van der Waals surface area contributed by atoms with E-state index in [9.17, 15) is 18.0 Å². The molecule has 2 heterocycles. The van der Waals surface area contributed by atoms with Crippen LogP contribution in [-0.4, -0.2) is 40.5 Å². The van der Waals surface area contributed by atoms with Gasteiger partial charge in [0.2, 0.25) is 5.82 Å². The predicted molar refractivity (Wildman–Crippen MR) is 119 cm³/mol. The van der Waals surface area contributed by atoms with Crippen LogP contribution in [0, 0.1) is 0 Å². The molecule has 0 unspecified atom stereocenters. The summed E-state index contributed by atoms with van der Waals surface area (Å²) in [6.07, 6.45) is -3.10. The quantitative estimate of drug-likeness (QED) is 0.238. The summed E-state index contributed by atoms with van der Waals surface area (Å²) < 4.78 is 57.3. The highest BCUT2D eigenvalue weighted by atomic mass is 32.2. The Labute approximate surface area is 196 Å². The van der Waals surface area contributed by atoms with E-state index in [2.05, 4.69) is 10.2 Å². The monoisotopic (exact) mass is 489 g/mol. The number of thioether (sulfide) groups is 1. The fourth-order valence-corrected chi connectivity index (χ4v) is 4.06. The maximum atomic E-state index is 13.3. The number of carbonyl (C=O) groups is 1. The lowest BCUT2D eigenvalue weighted by molar-refractivity contribution is -0.137. The fraction of sp³-hybridized carbons (Fsp3) is 0.174. The first kappa shape index (κ1) is 23.4. The van der Waals surface area contributed by atoms with Crippen molar-refractivity contribution >= 4 is 17.5 Å². The minimum absolute atomic E-state index is 0.0707. The third-order valence-electron chi connectivity index (χ3n) is 4.85. The van der Waals surface area contributed by atoms with Crippen LogP contribution in [0.15, 0.2) is 70.4 Å². The Morgan fingerprint density at radius 2 is 1.88 bits per heavy atom. The first-order valence-electron chi connectivity index (χ1n) is 9.86. The van der Waals surface area contributed by atoms with Crippen LogP contribution in [-0.2, 0) is 6.18 Å². The highest BCUT2D eigenvalue weighted by molar-refractivity contribution is 7.99. The molecule has 0 spiro atoms. The standard InChI is InChI=1S/C23H18F3N3O4S/c1-31-16-8-9-19(32-2)17(12-16)18(30)13-34-22-28-27-21(20-7-4-10-33-20)29(22)15-6-3-5-14(11-15)23(24,25)26/h3-12H,13H2,1-2H3. The zero-order valence-corrected chi connectivity index (χ0v) is 18.8. The highest BCUT2D eigenvalue weighted by Crippen LogP contribution is 2.34. The van der Waals surface area contributed by atoms with Crippen LogP contribution < -0.4 is 9.47 Å². The summed E-state index contributed by atoms with van der Waals surface area (Å²) >= 11 is 1.03. The zero-order valence-electron chi connectivity index (χ0n) is 18.0.